The maximum Gasteiger partial charge on any atom is 0.268 e. The van der Waals surface area contributed by atoms with E-state index in [1.807, 2.05) is 59.1 Å². The number of thioether (sulfide) groups is 1. The number of hydrogen-bond donors (Lipinski definition) is 0. The van der Waals surface area contributed by atoms with E-state index in [2.05, 4.69) is 13.0 Å². The van der Waals surface area contributed by atoms with Crippen molar-refractivity contribution in [3.8, 4) is 5.75 Å². The molecule has 2 heterocycles. The third-order valence-electron chi connectivity index (χ3n) is 4.43. The Bertz CT molecular complexity index is 721. The molecule has 0 N–H and O–H groups in total. The molecule has 4 rings (SSSR count). The minimum atomic E-state index is -0.404. The molecule has 0 radical (unpaired) electrons. The summed E-state index contributed by atoms with van der Waals surface area (Å²) in [5.74, 6) is 0.917. The predicted molar refractivity (Wildman–Crippen MR) is 93.3 cm³/mol. The zero-order valence-electron chi connectivity index (χ0n) is 13.1. The van der Waals surface area contributed by atoms with E-state index in [4.69, 9.17) is 4.74 Å². The number of nitrogens with zero attached hydrogens (tertiary/aromatic N) is 1. The van der Waals surface area contributed by atoms with Crippen LogP contribution in [-0.4, -0.2) is 23.8 Å². The standard InChI is InChI=1S/C19H19NO2S/c1-13-10-11-20(15-7-3-5-9-18(15)23-13)19(21)17-12-14-6-2-4-8-16(14)22-17/h2-9,13,17H,10-12H2,1H3/t13-,17-/m0/s1. The van der Waals surface area contributed by atoms with Crippen molar-refractivity contribution >= 4 is 23.4 Å². The van der Waals surface area contributed by atoms with Gasteiger partial charge < -0.3 is 9.64 Å². The zero-order valence-corrected chi connectivity index (χ0v) is 13.9. The average Bonchev–Trinajstić information content (AvgIpc) is 2.92. The maximum atomic E-state index is 13.1. The molecule has 23 heavy (non-hydrogen) atoms. The van der Waals surface area contributed by atoms with E-state index >= 15 is 0 Å². The monoisotopic (exact) mass is 325 g/mol. The summed E-state index contributed by atoms with van der Waals surface area (Å²) >= 11 is 1.85. The number of carbonyl (C=O) groups is 1. The summed E-state index contributed by atoms with van der Waals surface area (Å²) in [6.45, 7) is 2.97. The Balaban J connectivity index is 1.62. The first-order valence-electron chi connectivity index (χ1n) is 8.04. The molecule has 4 heteroatoms. The van der Waals surface area contributed by atoms with Crippen molar-refractivity contribution in [3.63, 3.8) is 0 Å². The van der Waals surface area contributed by atoms with Gasteiger partial charge in [0, 0.05) is 23.1 Å². The van der Waals surface area contributed by atoms with Crippen LogP contribution in [0.15, 0.2) is 53.4 Å². The lowest BCUT2D eigenvalue weighted by Gasteiger charge is -2.25. The first-order chi connectivity index (χ1) is 11.2. The lowest BCUT2D eigenvalue weighted by atomic mass is 10.1. The van der Waals surface area contributed by atoms with E-state index in [1.54, 1.807) is 0 Å². The minimum Gasteiger partial charge on any atom is -0.480 e. The smallest absolute Gasteiger partial charge is 0.268 e. The van der Waals surface area contributed by atoms with Crippen LogP contribution < -0.4 is 9.64 Å². The van der Waals surface area contributed by atoms with Crippen LogP contribution in [0.3, 0.4) is 0 Å². The molecular formula is C19H19NO2S. The van der Waals surface area contributed by atoms with Crippen LogP contribution >= 0.6 is 11.8 Å². The normalized spacial score (nSPS) is 22.7. The summed E-state index contributed by atoms with van der Waals surface area (Å²) in [6, 6.07) is 16.1. The van der Waals surface area contributed by atoms with Gasteiger partial charge in [-0.2, -0.15) is 0 Å². The fourth-order valence-corrected chi connectivity index (χ4v) is 4.32. The number of amides is 1. The summed E-state index contributed by atoms with van der Waals surface area (Å²) < 4.78 is 5.91. The molecule has 0 saturated carbocycles. The highest BCUT2D eigenvalue weighted by Crippen LogP contribution is 2.38. The molecule has 0 fully saturated rings. The Kier molecular flexibility index (Phi) is 3.77. The quantitative estimate of drug-likeness (QED) is 0.796. The van der Waals surface area contributed by atoms with Crippen molar-refractivity contribution in [2.45, 2.75) is 36.0 Å². The van der Waals surface area contributed by atoms with Crippen LogP contribution in [0.2, 0.25) is 0 Å². The van der Waals surface area contributed by atoms with Crippen LogP contribution in [0.5, 0.6) is 5.75 Å². The van der Waals surface area contributed by atoms with E-state index in [-0.39, 0.29) is 5.91 Å². The second kappa shape index (κ2) is 5.93. The van der Waals surface area contributed by atoms with Crippen molar-refractivity contribution in [2.75, 3.05) is 11.4 Å². The molecule has 1 amide bonds. The van der Waals surface area contributed by atoms with Crippen LogP contribution in [-0.2, 0) is 11.2 Å². The highest BCUT2D eigenvalue weighted by molar-refractivity contribution is 8.00. The van der Waals surface area contributed by atoms with Gasteiger partial charge in [0.25, 0.3) is 5.91 Å². The molecular weight excluding hydrogens is 306 g/mol. The second-order valence-electron chi connectivity index (χ2n) is 6.09. The summed E-state index contributed by atoms with van der Waals surface area (Å²) in [5.41, 5.74) is 2.14. The molecule has 3 nitrogen and oxygen atoms in total. The number of hydrogen-bond acceptors (Lipinski definition) is 3. The SMILES string of the molecule is C[C@H]1CCN(C(=O)[C@@H]2Cc3ccccc3O2)c2ccccc2S1. The van der Waals surface area contributed by atoms with Gasteiger partial charge in [-0.1, -0.05) is 37.3 Å². The third-order valence-corrected chi connectivity index (χ3v) is 5.67. The van der Waals surface area contributed by atoms with Gasteiger partial charge in [-0.05, 0) is 30.2 Å². The molecule has 0 aromatic heterocycles. The molecule has 0 spiro atoms. The van der Waals surface area contributed by atoms with E-state index in [0.717, 1.165) is 30.0 Å². The van der Waals surface area contributed by atoms with Gasteiger partial charge in [-0.15, -0.1) is 11.8 Å². The number of rotatable bonds is 1. The van der Waals surface area contributed by atoms with Gasteiger partial charge in [0.15, 0.2) is 6.10 Å². The fourth-order valence-electron chi connectivity index (χ4n) is 3.21. The van der Waals surface area contributed by atoms with Crippen molar-refractivity contribution in [3.05, 3.63) is 54.1 Å². The molecule has 2 aliphatic rings. The fraction of sp³-hybridized carbons (Fsp3) is 0.316. The van der Waals surface area contributed by atoms with Gasteiger partial charge >= 0.3 is 0 Å². The molecule has 2 aromatic carbocycles. The zero-order chi connectivity index (χ0) is 15.8. The maximum absolute atomic E-state index is 13.1. The highest BCUT2D eigenvalue weighted by atomic mass is 32.2. The van der Waals surface area contributed by atoms with Crippen LogP contribution in [0.25, 0.3) is 0 Å². The van der Waals surface area contributed by atoms with Gasteiger partial charge in [0.05, 0.1) is 5.69 Å². The molecule has 0 bridgehead atoms. The Hall–Kier alpha value is -1.94. The summed E-state index contributed by atoms with van der Waals surface area (Å²) in [5, 5.41) is 0.510. The van der Waals surface area contributed by atoms with Crippen LogP contribution in [0.4, 0.5) is 5.69 Å². The first kappa shape index (κ1) is 14.6. The lowest BCUT2D eigenvalue weighted by molar-refractivity contribution is -0.124. The Morgan fingerprint density at radius 2 is 1.96 bits per heavy atom. The van der Waals surface area contributed by atoms with Gasteiger partial charge in [-0.25, -0.2) is 0 Å². The van der Waals surface area contributed by atoms with Crippen molar-refractivity contribution in [1.29, 1.82) is 0 Å². The Labute approximate surface area is 140 Å². The van der Waals surface area contributed by atoms with E-state index in [0.29, 0.717) is 11.7 Å². The summed E-state index contributed by atoms with van der Waals surface area (Å²) in [7, 11) is 0. The largest absolute Gasteiger partial charge is 0.480 e. The Morgan fingerprint density at radius 3 is 2.83 bits per heavy atom. The average molecular weight is 325 g/mol. The van der Waals surface area contributed by atoms with Crippen molar-refractivity contribution in [1.82, 2.24) is 0 Å². The van der Waals surface area contributed by atoms with Crippen LogP contribution in [0, 0.1) is 0 Å². The topological polar surface area (TPSA) is 29.5 Å². The van der Waals surface area contributed by atoms with Crippen LogP contribution in [0.1, 0.15) is 18.9 Å². The number of benzene rings is 2. The molecule has 0 unspecified atom stereocenters. The minimum absolute atomic E-state index is 0.0725. The Morgan fingerprint density at radius 1 is 1.17 bits per heavy atom. The number of para-hydroxylation sites is 2. The first-order valence-corrected chi connectivity index (χ1v) is 8.92. The van der Waals surface area contributed by atoms with E-state index in [9.17, 15) is 4.79 Å². The van der Waals surface area contributed by atoms with E-state index < -0.39 is 6.10 Å². The molecule has 0 saturated heterocycles. The van der Waals surface area contributed by atoms with Gasteiger partial charge in [0.1, 0.15) is 5.75 Å². The number of fused-ring (bicyclic) bond motifs is 2. The lowest BCUT2D eigenvalue weighted by Crippen LogP contribution is -2.42. The predicted octanol–water partition coefficient (Wildman–Crippen LogP) is 3.91. The summed E-state index contributed by atoms with van der Waals surface area (Å²) in [4.78, 5) is 16.2. The molecule has 2 aromatic rings. The number of anilines is 1. The number of ether oxygens (including phenoxy) is 1. The van der Waals surface area contributed by atoms with Gasteiger partial charge in [-0.3, -0.25) is 4.79 Å². The van der Waals surface area contributed by atoms with Gasteiger partial charge in [0.2, 0.25) is 0 Å². The second-order valence-corrected chi connectivity index (χ2v) is 7.57. The number of carbonyl (C=O) groups excluding carboxylic acids is 1. The van der Waals surface area contributed by atoms with Crippen molar-refractivity contribution in [2.24, 2.45) is 0 Å². The van der Waals surface area contributed by atoms with Crippen molar-refractivity contribution < 1.29 is 9.53 Å². The summed E-state index contributed by atoms with van der Waals surface area (Å²) in [6.07, 6.45) is 1.25. The highest BCUT2D eigenvalue weighted by Gasteiger charge is 2.34. The van der Waals surface area contributed by atoms with E-state index in [1.165, 1.54) is 4.90 Å². The molecule has 2 aliphatic heterocycles. The molecule has 118 valence electrons. The molecule has 0 aliphatic carbocycles. The third kappa shape index (κ3) is 2.72. The molecule has 2 atom stereocenters.